The molecule has 0 aliphatic heterocycles. The molecule has 5 aliphatic carbocycles. The third-order valence-corrected chi connectivity index (χ3v) is 17.9. The Labute approximate surface area is 402 Å². The maximum Gasteiger partial charge on any atom is 0.0508 e. The molecule has 0 amide bonds. The standard InChI is InChI=1S/C65H58ClN/c1-39-29-41-31-40(2)65(46(30-39)32-41)59-34-45(44-18-14-17-43(33-44)42-15-8-7-9-16-42)23-26-54(59)62-60(65)37-49(38-61(62)66)67(47-24-27-52-50-19-10-12-21-55(50)63(3,4)57(52)35-47)48-25-28-53-51-20-11-13-22-56(51)64(5,6)58(53)36-48/h7-28,33-41,46H,29-32H2,1-6H3. The Balaban J connectivity index is 1.03. The molecule has 330 valence electrons. The highest BCUT2D eigenvalue weighted by Crippen LogP contribution is 2.67. The average molecular weight is 889 g/mol. The lowest BCUT2D eigenvalue weighted by Gasteiger charge is -2.54. The first-order chi connectivity index (χ1) is 32.4. The van der Waals surface area contributed by atoms with Crippen molar-refractivity contribution in [2.45, 2.75) is 83.5 Å². The monoisotopic (exact) mass is 887 g/mol. The molecule has 1 spiro atoms. The first kappa shape index (κ1) is 41.1. The lowest BCUT2D eigenvalue weighted by Crippen LogP contribution is -2.49. The van der Waals surface area contributed by atoms with Gasteiger partial charge in [0.1, 0.15) is 0 Å². The molecular formula is C65H58ClN. The molecule has 5 aliphatic rings. The van der Waals surface area contributed by atoms with Gasteiger partial charge in [0.05, 0.1) is 5.02 Å². The Morgan fingerprint density at radius 1 is 0.418 bits per heavy atom. The summed E-state index contributed by atoms with van der Waals surface area (Å²) in [5.41, 5.74) is 24.4. The van der Waals surface area contributed by atoms with Gasteiger partial charge in [0.15, 0.2) is 0 Å². The van der Waals surface area contributed by atoms with Crippen LogP contribution in [0, 0.1) is 23.7 Å². The molecule has 8 aromatic rings. The average Bonchev–Trinajstić information content (AvgIpc) is 3.86. The Bertz CT molecular complexity index is 3220. The molecule has 0 N–H and O–H groups in total. The highest BCUT2D eigenvalue weighted by Gasteiger charge is 2.57. The van der Waals surface area contributed by atoms with Gasteiger partial charge in [-0.2, -0.15) is 0 Å². The first-order valence-corrected chi connectivity index (χ1v) is 25.2. The summed E-state index contributed by atoms with van der Waals surface area (Å²) in [4.78, 5) is 2.54. The van der Waals surface area contributed by atoms with Crippen LogP contribution in [-0.4, -0.2) is 0 Å². The van der Waals surface area contributed by atoms with E-state index in [9.17, 15) is 0 Å². The van der Waals surface area contributed by atoms with Crippen LogP contribution in [0.25, 0.3) is 55.6 Å². The molecule has 67 heavy (non-hydrogen) atoms. The SMILES string of the molecule is CC1CC2CC(C)C3(c4cc(-c5cccc(-c6ccccc6)c5)ccc4-c4c(Cl)cc(N(c5ccc6c(c5)C(C)(C)c5ccccc5-6)c5ccc6c(c5)C(C)(C)c5ccccc5-6)cc43)C(C1)C2. The highest BCUT2D eigenvalue weighted by molar-refractivity contribution is 6.34. The van der Waals surface area contributed by atoms with Crippen molar-refractivity contribution in [1.29, 1.82) is 0 Å². The van der Waals surface area contributed by atoms with Crippen LogP contribution in [0.15, 0.2) is 170 Å². The largest absolute Gasteiger partial charge is 0.310 e. The Kier molecular flexibility index (Phi) is 9.00. The summed E-state index contributed by atoms with van der Waals surface area (Å²) in [5.74, 6) is 2.43. The minimum atomic E-state index is -0.169. The van der Waals surface area contributed by atoms with E-state index in [-0.39, 0.29) is 16.2 Å². The van der Waals surface area contributed by atoms with Gasteiger partial charge in [-0.3, -0.25) is 0 Å². The zero-order chi connectivity index (χ0) is 45.6. The smallest absolute Gasteiger partial charge is 0.0508 e. The fourth-order valence-corrected chi connectivity index (χ4v) is 15.1. The van der Waals surface area contributed by atoms with E-state index < -0.39 is 0 Å². The maximum atomic E-state index is 7.95. The van der Waals surface area contributed by atoms with E-state index in [0.717, 1.165) is 28.0 Å². The highest BCUT2D eigenvalue weighted by atomic mass is 35.5. The van der Waals surface area contributed by atoms with Crippen LogP contribution in [0.1, 0.15) is 101 Å². The van der Waals surface area contributed by atoms with E-state index in [1.54, 1.807) is 0 Å². The third-order valence-electron chi connectivity index (χ3n) is 17.6. The molecular weight excluding hydrogens is 830 g/mol. The molecule has 13 rings (SSSR count). The summed E-state index contributed by atoms with van der Waals surface area (Å²) in [6.07, 6.45) is 5.09. The molecule has 5 atom stereocenters. The van der Waals surface area contributed by atoms with Crippen LogP contribution in [0.2, 0.25) is 5.02 Å². The number of fused-ring (bicyclic) bond motifs is 14. The van der Waals surface area contributed by atoms with Gasteiger partial charge in [-0.25, -0.2) is 0 Å². The van der Waals surface area contributed by atoms with Crippen LogP contribution in [-0.2, 0) is 16.2 Å². The fourth-order valence-electron chi connectivity index (χ4n) is 14.7. The van der Waals surface area contributed by atoms with Crippen LogP contribution < -0.4 is 4.90 Å². The molecule has 0 aromatic heterocycles. The normalized spacial score (nSPS) is 22.9. The fraction of sp³-hybridized carbons (Fsp3) is 0.262. The predicted molar refractivity (Wildman–Crippen MR) is 282 cm³/mol. The van der Waals surface area contributed by atoms with Crippen molar-refractivity contribution < 1.29 is 0 Å². The van der Waals surface area contributed by atoms with Crippen LogP contribution in [0.5, 0.6) is 0 Å². The van der Waals surface area contributed by atoms with Crippen molar-refractivity contribution in [3.8, 4) is 55.6 Å². The van der Waals surface area contributed by atoms with E-state index in [2.05, 4.69) is 216 Å². The van der Waals surface area contributed by atoms with E-state index >= 15 is 0 Å². The predicted octanol–water partition coefficient (Wildman–Crippen LogP) is 18.1. The lowest BCUT2D eigenvalue weighted by molar-refractivity contribution is 0.0426. The van der Waals surface area contributed by atoms with Crippen molar-refractivity contribution >= 4 is 28.7 Å². The Hall–Kier alpha value is -6.15. The van der Waals surface area contributed by atoms with Crippen LogP contribution >= 0.6 is 11.6 Å². The van der Waals surface area contributed by atoms with Crippen molar-refractivity contribution in [3.63, 3.8) is 0 Å². The number of hydrogen-bond acceptors (Lipinski definition) is 1. The van der Waals surface area contributed by atoms with E-state index in [4.69, 9.17) is 11.6 Å². The van der Waals surface area contributed by atoms with Gasteiger partial charge < -0.3 is 4.90 Å². The second kappa shape index (κ2) is 14.7. The number of hydrogen-bond donors (Lipinski definition) is 0. The van der Waals surface area contributed by atoms with Crippen molar-refractivity contribution in [2.24, 2.45) is 23.7 Å². The molecule has 2 bridgehead atoms. The second-order valence-corrected chi connectivity index (χ2v) is 22.5. The molecule has 2 saturated carbocycles. The van der Waals surface area contributed by atoms with Crippen molar-refractivity contribution in [1.82, 2.24) is 0 Å². The number of nitrogens with zero attached hydrogens (tertiary/aromatic N) is 1. The Morgan fingerprint density at radius 3 is 1.61 bits per heavy atom. The summed E-state index contributed by atoms with van der Waals surface area (Å²) >= 11 is 7.95. The number of rotatable bonds is 5. The molecule has 0 radical (unpaired) electrons. The number of benzene rings is 8. The van der Waals surface area contributed by atoms with Gasteiger partial charge >= 0.3 is 0 Å². The minimum absolute atomic E-state index is 0.138. The number of anilines is 3. The molecule has 1 nitrogen and oxygen atoms in total. The summed E-state index contributed by atoms with van der Waals surface area (Å²) in [7, 11) is 0. The lowest BCUT2D eigenvalue weighted by atomic mass is 9.49. The molecule has 5 unspecified atom stereocenters. The zero-order valence-electron chi connectivity index (χ0n) is 39.6. The van der Waals surface area contributed by atoms with Crippen LogP contribution in [0.3, 0.4) is 0 Å². The topological polar surface area (TPSA) is 3.24 Å². The molecule has 0 saturated heterocycles. The van der Waals surface area contributed by atoms with E-state index in [0.29, 0.717) is 17.8 Å². The van der Waals surface area contributed by atoms with Crippen LogP contribution in [0.4, 0.5) is 17.1 Å². The third kappa shape index (κ3) is 5.86. The summed E-state index contributed by atoms with van der Waals surface area (Å²) in [5, 5.41) is 0.843. The number of halogens is 1. The van der Waals surface area contributed by atoms with E-state index in [1.807, 2.05) is 0 Å². The van der Waals surface area contributed by atoms with Gasteiger partial charge in [-0.15, -0.1) is 0 Å². The first-order valence-electron chi connectivity index (χ1n) is 24.9. The second-order valence-electron chi connectivity index (χ2n) is 22.1. The van der Waals surface area contributed by atoms with Gasteiger partial charge in [-0.1, -0.05) is 174 Å². The summed E-state index contributed by atoms with van der Waals surface area (Å²) in [6, 6.07) is 64.6. The Morgan fingerprint density at radius 2 is 0.955 bits per heavy atom. The van der Waals surface area contributed by atoms with E-state index in [1.165, 1.54) is 115 Å². The van der Waals surface area contributed by atoms with Crippen molar-refractivity contribution in [2.75, 3.05) is 4.90 Å². The van der Waals surface area contributed by atoms with Gasteiger partial charge in [0, 0.05) is 38.9 Å². The zero-order valence-corrected chi connectivity index (χ0v) is 40.4. The molecule has 8 aromatic carbocycles. The minimum Gasteiger partial charge on any atom is -0.310 e. The quantitative estimate of drug-likeness (QED) is 0.166. The maximum absolute atomic E-state index is 7.95. The van der Waals surface area contributed by atoms with Gasteiger partial charge in [-0.05, 0) is 181 Å². The molecule has 2 heteroatoms. The molecule has 2 fully saturated rings. The molecule has 0 heterocycles. The summed E-state index contributed by atoms with van der Waals surface area (Å²) < 4.78 is 0. The van der Waals surface area contributed by atoms with Crippen molar-refractivity contribution in [3.05, 3.63) is 208 Å². The summed E-state index contributed by atoms with van der Waals surface area (Å²) in [6.45, 7) is 14.7. The van der Waals surface area contributed by atoms with Gasteiger partial charge in [0.25, 0.3) is 0 Å². The van der Waals surface area contributed by atoms with Gasteiger partial charge in [0.2, 0.25) is 0 Å².